The van der Waals surface area contributed by atoms with Crippen molar-refractivity contribution >= 4 is 28.3 Å². The molecule has 0 bridgehead atoms. The first-order chi connectivity index (χ1) is 21.4. The fourth-order valence-electron chi connectivity index (χ4n) is 4.37. The molecule has 3 N–H and O–H groups in total. The summed E-state index contributed by atoms with van der Waals surface area (Å²) in [5, 5.41) is 17.4. The second kappa shape index (κ2) is 14.3. The van der Waals surface area contributed by atoms with E-state index >= 15 is 4.39 Å². The van der Waals surface area contributed by atoms with Crippen molar-refractivity contribution in [3.63, 3.8) is 0 Å². The Morgan fingerprint density at radius 1 is 0.955 bits per heavy atom. The number of rotatable bonds is 13. The number of halogens is 1. The number of nitrogens with one attached hydrogen (secondary N) is 2. The van der Waals surface area contributed by atoms with Crippen LogP contribution in [0.4, 0.5) is 9.52 Å². The zero-order chi connectivity index (χ0) is 30.9. The van der Waals surface area contributed by atoms with E-state index in [1.807, 2.05) is 13.1 Å². The van der Waals surface area contributed by atoms with Crippen LogP contribution in [0.25, 0.3) is 11.1 Å². The number of carboxylic acids is 1. The van der Waals surface area contributed by atoms with Gasteiger partial charge in [0.2, 0.25) is 5.91 Å². The molecule has 0 saturated carbocycles. The maximum atomic E-state index is 15.3. The molecule has 0 saturated heterocycles. The smallest absolute Gasteiger partial charge is 0.335 e. The highest BCUT2D eigenvalue weighted by molar-refractivity contribution is 7.13. The van der Waals surface area contributed by atoms with Gasteiger partial charge in [-0.3, -0.25) is 4.79 Å². The number of carboxylic acid groups (broad SMARTS) is 1. The topological polar surface area (TPSA) is 136 Å². The van der Waals surface area contributed by atoms with Crippen molar-refractivity contribution in [2.75, 3.05) is 18.9 Å². The van der Waals surface area contributed by atoms with Crippen LogP contribution in [0, 0.1) is 5.82 Å². The number of hydrogen-bond acceptors (Lipinski definition) is 9. The molecular weight excluding hydrogens is 585 g/mol. The lowest BCUT2D eigenvalue weighted by Gasteiger charge is -2.18. The molecule has 0 unspecified atom stereocenters. The van der Waals surface area contributed by atoms with Crippen LogP contribution in [0.1, 0.15) is 27.3 Å². The van der Waals surface area contributed by atoms with E-state index < -0.39 is 11.8 Å². The summed E-state index contributed by atoms with van der Waals surface area (Å²) in [6.07, 6.45) is 5.51. The van der Waals surface area contributed by atoms with Crippen LogP contribution in [0.5, 0.6) is 17.2 Å². The predicted molar refractivity (Wildman–Crippen MR) is 164 cm³/mol. The van der Waals surface area contributed by atoms with Gasteiger partial charge < -0.3 is 25.2 Å². The van der Waals surface area contributed by atoms with Crippen LogP contribution in [-0.4, -0.2) is 45.5 Å². The van der Waals surface area contributed by atoms with E-state index in [0.717, 1.165) is 5.56 Å². The van der Waals surface area contributed by atoms with Gasteiger partial charge in [0.25, 0.3) is 0 Å². The average molecular weight is 614 g/mol. The predicted octanol–water partition coefficient (Wildman–Crippen LogP) is 5.75. The van der Waals surface area contributed by atoms with E-state index in [2.05, 4.69) is 25.6 Å². The monoisotopic (exact) mass is 613 g/mol. The summed E-state index contributed by atoms with van der Waals surface area (Å²) in [6, 6.07) is 15.6. The van der Waals surface area contributed by atoms with Gasteiger partial charge in [0, 0.05) is 35.6 Å². The summed E-state index contributed by atoms with van der Waals surface area (Å²) in [5.41, 5.74) is 2.50. The third-order valence-electron chi connectivity index (χ3n) is 6.53. The molecule has 5 rings (SSSR count). The lowest BCUT2D eigenvalue weighted by molar-refractivity contribution is -0.115. The number of carbonyl (C=O) groups is 2. The van der Waals surface area contributed by atoms with E-state index in [1.54, 1.807) is 60.4 Å². The number of likely N-dealkylation sites (N-methyl/N-ethyl adjacent to an activating group) is 1. The summed E-state index contributed by atoms with van der Waals surface area (Å²) in [7, 11) is 1.84. The molecule has 0 fully saturated rings. The molecule has 0 spiro atoms. The summed E-state index contributed by atoms with van der Waals surface area (Å²) in [5.74, 6) is -0.534. The first-order valence-electron chi connectivity index (χ1n) is 13.6. The van der Waals surface area contributed by atoms with E-state index in [1.165, 1.54) is 29.5 Å². The molecular formula is C32H28FN5O5S. The Bertz CT molecular complexity index is 1730. The number of carbonyl (C=O) groups excluding carboxylic acids is 1. The standard InChI is InChI=1S/C32H28FN5O5S/c1-34-12-9-22-15-27(42-19-29-35-10-2-11-36-29)28(16-23(22)17-30(39)38-32-37-13-14-44-32)43-24-7-8-25(26(33)18-24)20-3-5-21(6-4-20)31(40)41/h2-8,10-11,13-16,18,34H,9,12,17,19H2,1H3,(H,40,41)(H,37,38,39). The number of ether oxygens (including phenoxy) is 2. The van der Waals surface area contributed by atoms with Crippen molar-refractivity contribution in [2.24, 2.45) is 0 Å². The molecule has 2 aromatic heterocycles. The minimum absolute atomic E-state index is 0.0523. The lowest BCUT2D eigenvalue weighted by atomic mass is 10.00. The van der Waals surface area contributed by atoms with Crippen molar-refractivity contribution in [3.05, 3.63) is 113 Å². The van der Waals surface area contributed by atoms with Crippen molar-refractivity contribution < 1.29 is 28.6 Å². The highest BCUT2D eigenvalue weighted by atomic mass is 32.1. The van der Waals surface area contributed by atoms with Gasteiger partial charge in [-0.2, -0.15) is 0 Å². The number of aromatic nitrogens is 3. The van der Waals surface area contributed by atoms with Crippen LogP contribution in [0.15, 0.2) is 84.6 Å². The van der Waals surface area contributed by atoms with Gasteiger partial charge in [0.1, 0.15) is 18.2 Å². The van der Waals surface area contributed by atoms with E-state index in [9.17, 15) is 9.59 Å². The first-order valence-corrected chi connectivity index (χ1v) is 14.5. The van der Waals surface area contributed by atoms with Crippen molar-refractivity contribution in [2.45, 2.75) is 19.4 Å². The summed E-state index contributed by atoms with van der Waals surface area (Å²) >= 11 is 1.32. The number of amides is 1. The number of nitrogens with zero attached hydrogens (tertiary/aromatic N) is 3. The van der Waals surface area contributed by atoms with Gasteiger partial charge in [-0.15, -0.1) is 11.3 Å². The quantitative estimate of drug-likeness (QED) is 0.152. The highest BCUT2D eigenvalue weighted by Crippen LogP contribution is 2.37. The second-order valence-corrected chi connectivity index (χ2v) is 10.5. The van der Waals surface area contributed by atoms with Crippen molar-refractivity contribution in [3.8, 4) is 28.4 Å². The maximum Gasteiger partial charge on any atom is 0.335 e. The highest BCUT2D eigenvalue weighted by Gasteiger charge is 2.18. The Labute approximate surface area is 256 Å². The van der Waals surface area contributed by atoms with Gasteiger partial charge in [-0.25, -0.2) is 24.1 Å². The minimum Gasteiger partial charge on any atom is -0.482 e. The number of hydrogen-bond donors (Lipinski definition) is 3. The number of thiazole rings is 1. The Morgan fingerprint density at radius 2 is 1.73 bits per heavy atom. The van der Waals surface area contributed by atoms with Crippen molar-refractivity contribution in [1.82, 2.24) is 20.3 Å². The van der Waals surface area contributed by atoms with Gasteiger partial charge in [-0.1, -0.05) is 12.1 Å². The number of aromatic carboxylic acids is 1. The largest absolute Gasteiger partial charge is 0.482 e. The minimum atomic E-state index is -1.06. The molecule has 44 heavy (non-hydrogen) atoms. The molecule has 5 aromatic rings. The SMILES string of the molecule is CNCCc1cc(OCc2ncccn2)c(Oc2ccc(-c3ccc(C(=O)O)cc3)c(F)c2)cc1CC(=O)Nc1nccs1. The van der Waals surface area contributed by atoms with Gasteiger partial charge in [-0.05, 0) is 79.2 Å². The normalized spacial score (nSPS) is 10.8. The first kappa shape index (κ1) is 30.3. The van der Waals surface area contributed by atoms with Crippen molar-refractivity contribution in [1.29, 1.82) is 0 Å². The zero-order valence-electron chi connectivity index (χ0n) is 23.6. The van der Waals surface area contributed by atoms with Gasteiger partial charge in [0.15, 0.2) is 22.5 Å². The Kier molecular flexibility index (Phi) is 9.85. The summed E-state index contributed by atoms with van der Waals surface area (Å²) in [4.78, 5) is 36.6. The van der Waals surface area contributed by atoms with Crippen LogP contribution >= 0.6 is 11.3 Å². The third-order valence-corrected chi connectivity index (χ3v) is 7.22. The molecule has 0 radical (unpaired) electrons. The maximum absolute atomic E-state index is 15.3. The van der Waals surface area contributed by atoms with E-state index in [-0.39, 0.29) is 41.6 Å². The van der Waals surface area contributed by atoms with E-state index in [4.69, 9.17) is 14.6 Å². The molecule has 3 aromatic carbocycles. The van der Waals surface area contributed by atoms with Crippen LogP contribution < -0.4 is 20.1 Å². The van der Waals surface area contributed by atoms with Gasteiger partial charge in [0.05, 0.1) is 12.0 Å². The lowest BCUT2D eigenvalue weighted by Crippen LogP contribution is -2.17. The summed E-state index contributed by atoms with van der Waals surface area (Å²) < 4.78 is 27.6. The van der Waals surface area contributed by atoms with E-state index in [0.29, 0.717) is 40.8 Å². The second-order valence-electron chi connectivity index (χ2n) is 9.56. The molecule has 12 heteroatoms. The third kappa shape index (κ3) is 7.79. The molecule has 0 aliphatic heterocycles. The molecule has 0 atom stereocenters. The summed E-state index contributed by atoms with van der Waals surface area (Å²) in [6.45, 7) is 0.717. The molecule has 2 heterocycles. The van der Waals surface area contributed by atoms with Gasteiger partial charge >= 0.3 is 5.97 Å². The molecule has 1 amide bonds. The molecule has 0 aliphatic rings. The molecule has 10 nitrogen and oxygen atoms in total. The van der Waals surface area contributed by atoms with Crippen LogP contribution in [0.2, 0.25) is 0 Å². The van der Waals surface area contributed by atoms with Crippen LogP contribution in [0.3, 0.4) is 0 Å². The van der Waals surface area contributed by atoms with Crippen LogP contribution in [-0.2, 0) is 24.2 Å². The zero-order valence-corrected chi connectivity index (χ0v) is 24.4. The Morgan fingerprint density at radius 3 is 2.41 bits per heavy atom. The number of benzene rings is 3. The fourth-order valence-corrected chi connectivity index (χ4v) is 4.92. The molecule has 0 aliphatic carbocycles. The fraction of sp³-hybridized carbons (Fsp3) is 0.156. The Hall–Kier alpha value is -5.20. The number of anilines is 1. The average Bonchev–Trinajstić information content (AvgIpc) is 3.53. The Balaban J connectivity index is 1.46. The molecule has 224 valence electrons.